The predicted octanol–water partition coefficient (Wildman–Crippen LogP) is 2.68. The van der Waals surface area contributed by atoms with Crippen LogP contribution in [0.25, 0.3) is 0 Å². The summed E-state index contributed by atoms with van der Waals surface area (Å²) in [6.45, 7) is 6.33. The number of nitrogens with zero attached hydrogens (tertiary/aromatic N) is 2. The maximum Gasteiger partial charge on any atom is 0.134 e. The van der Waals surface area contributed by atoms with Gasteiger partial charge in [0.05, 0.1) is 0 Å². The molecule has 4 nitrogen and oxygen atoms in total. The number of hydrogen-bond acceptors (Lipinski definition) is 4. The van der Waals surface area contributed by atoms with E-state index in [4.69, 9.17) is 0 Å². The fraction of sp³-hybridized carbons (Fsp3) is 0.692. The van der Waals surface area contributed by atoms with E-state index in [2.05, 4.69) is 34.4 Å². The van der Waals surface area contributed by atoms with Gasteiger partial charge in [-0.2, -0.15) is 0 Å². The molecule has 2 N–H and O–H groups in total. The van der Waals surface area contributed by atoms with Crippen LogP contribution in [-0.2, 0) is 6.42 Å². The van der Waals surface area contributed by atoms with Gasteiger partial charge in [-0.15, -0.1) is 0 Å². The summed E-state index contributed by atoms with van der Waals surface area (Å²) < 4.78 is 0. The molecular weight excluding hydrogens is 212 g/mol. The Bertz CT molecular complexity index is 360. The Morgan fingerprint density at radius 1 is 1.18 bits per heavy atom. The average Bonchev–Trinajstić information content (AvgIpc) is 3.17. The largest absolute Gasteiger partial charge is 0.370 e. The highest BCUT2D eigenvalue weighted by Gasteiger charge is 2.21. The molecule has 17 heavy (non-hydrogen) atoms. The predicted molar refractivity (Wildman–Crippen MR) is 71.4 cm³/mol. The molecule has 0 atom stereocenters. The van der Waals surface area contributed by atoms with Crippen molar-refractivity contribution in [2.24, 2.45) is 5.92 Å². The molecule has 1 heterocycles. The first-order valence-electron chi connectivity index (χ1n) is 6.66. The van der Waals surface area contributed by atoms with Crippen LogP contribution in [0.2, 0.25) is 0 Å². The number of aromatic nitrogens is 2. The van der Waals surface area contributed by atoms with E-state index >= 15 is 0 Å². The molecule has 1 fully saturated rings. The van der Waals surface area contributed by atoms with Crippen LogP contribution in [0.3, 0.4) is 0 Å². The van der Waals surface area contributed by atoms with Crippen LogP contribution >= 0.6 is 0 Å². The van der Waals surface area contributed by atoms with Gasteiger partial charge < -0.3 is 10.6 Å². The molecule has 4 heteroatoms. The van der Waals surface area contributed by atoms with Crippen molar-refractivity contribution in [2.75, 3.05) is 23.7 Å². The monoisotopic (exact) mass is 234 g/mol. The summed E-state index contributed by atoms with van der Waals surface area (Å²) in [5.74, 6) is 2.86. The number of hydrogen-bond donors (Lipinski definition) is 2. The van der Waals surface area contributed by atoms with Crippen molar-refractivity contribution in [2.45, 2.75) is 39.5 Å². The van der Waals surface area contributed by atoms with Crippen molar-refractivity contribution in [3.05, 3.63) is 11.9 Å². The van der Waals surface area contributed by atoms with E-state index in [1.54, 1.807) is 6.33 Å². The van der Waals surface area contributed by atoms with Crippen LogP contribution in [0, 0.1) is 5.92 Å². The Kier molecular flexibility index (Phi) is 4.18. The molecule has 1 aromatic heterocycles. The summed E-state index contributed by atoms with van der Waals surface area (Å²) in [5, 5.41) is 6.82. The topological polar surface area (TPSA) is 49.8 Å². The van der Waals surface area contributed by atoms with E-state index in [1.165, 1.54) is 18.4 Å². The first-order valence-corrected chi connectivity index (χ1v) is 6.66. The second-order valence-corrected chi connectivity index (χ2v) is 4.65. The molecule has 94 valence electrons. The average molecular weight is 234 g/mol. The maximum absolute atomic E-state index is 4.36. The molecule has 0 amide bonds. The molecular formula is C13H22N4. The minimum absolute atomic E-state index is 0.863. The molecule has 0 aliphatic heterocycles. The molecule has 1 aromatic rings. The van der Waals surface area contributed by atoms with E-state index in [0.29, 0.717) is 0 Å². The van der Waals surface area contributed by atoms with Crippen molar-refractivity contribution in [3.63, 3.8) is 0 Å². The van der Waals surface area contributed by atoms with Gasteiger partial charge in [0.15, 0.2) is 0 Å². The van der Waals surface area contributed by atoms with E-state index in [-0.39, 0.29) is 0 Å². The van der Waals surface area contributed by atoms with Gasteiger partial charge in [0.25, 0.3) is 0 Å². The molecule has 0 radical (unpaired) electrons. The lowest BCUT2D eigenvalue weighted by molar-refractivity contribution is 0.873. The second kappa shape index (κ2) is 5.84. The van der Waals surface area contributed by atoms with Crippen molar-refractivity contribution in [1.29, 1.82) is 0 Å². The molecule has 0 aromatic carbocycles. The van der Waals surface area contributed by atoms with Gasteiger partial charge in [0.1, 0.15) is 18.0 Å². The minimum atomic E-state index is 0.863. The standard InChI is InChI=1S/C13H22N4/c1-3-7-14-12-11(4-2)13(17-9-16-12)15-8-10-5-6-10/h9-10H,3-8H2,1-2H3,(H2,14,15,16,17). The Morgan fingerprint density at radius 3 is 2.47 bits per heavy atom. The lowest BCUT2D eigenvalue weighted by atomic mass is 10.2. The summed E-state index contributed by atoms with van der Waals surface area (Å²) in [6.07, 6.45) is 6.44. The third kappa shape index (κ3) is 3.32. The SMILES string of the molecule is CCCNc1ncnc(NCC2CC2)c1CC. The van der Waals surface area contributed by atoms with E-state index in [0.717, 1.165) is 43.5 Å². The molecule has 2 rings (SSSR count). The summed E-state index contributed by atoms with van der Waals surface area (Å²) in [7, 11) is 0. The van der Waals surface area contributed by atoms with Crippen LogP contribution in [0.1, 0.15) is 38.7 Å². The van der Waals surface area contributed by atoms with Gasteiger partial charge in [-0.3, -0.25) is 0 Å². The highest BCUT2D eigenvalue weighted by Crippen LogP contribution is 2.29. The lowest BCUT2D eigenvalue weighted by Crippen LogP contribution is -2.11. The van der Waals surface area contributed by atoms with Crippen molar-refractivity contribution < 1.29 is 0 Å². The summed E-state index contributed by atoms with van der Waals surface area (Å²) in [5.41, 5.74) is 1.21. The Morgan fingerprint density at radius 2 is 1.88 bits per heavy atom. The highest BCUT2D eigenvalue weighted by atomic mass is 15.1. The van der Waals surface area contributed by atoms with Crippen LogP contribution in [0.4, 0.5) is 11.6 Å². The third-order valence-electron chi connectivity index (χ3n) is 3.10. The Hall–Kier alpha value is -1.32. The molecule has 0 saturated heterocycles. The van der Waals surface area contributed by atoms with Crippen LogP contribution in [0.15, 0.2) is 6.33 Å². The van der Waals surface area contributed by atoms with Gasteiger partial charge >= 0.3 is 0 Å². The lowest BCUT2D eigenvalue weighted by Gasteiger charge is -2.13. The maximum atomic E-state index is 4.36. The van der Waals surface area contributed by atoms with E-state index in [1.807, 2.05) is 0 Å². The number of rotatable bonds is 7. The van der Waals surface area contributed by atoms with Crippen molar-refractivity contribution in [1.82, 2.24) is 9.97 Å². The summed E-state index contributed by atoms with van der Waals surface area (Å²) >= 11 is 0. The third-order valence-corrected chi connectivity index (χ3v) is 3.10. The van der Waals surface area contributed by atoms with Gasteiger partial charge in [-0.25, -0.2) is 9.97 Å². The van der Waals surface area contributed by atoms with Crippen LogP contribution < -0.4 is 10.6 Å². The fourth-order valence-corrected chi connectivity index (χ4v) is 1.86. The Labute approximate surface area is 103 Å². The van der Waals surface area contributed by atoms with E-state index < -0.39 is 0 Å². The quantitative estimate of drug-likeness (QED) is 0.761. The summed E-state index contributed by atoms with van der Waals surface area (Å²) in [6, 6.07) is 0. The van der Waals surface area contributed by atoms with Crippen molar-refractivity contribution >= 4 is 11.6 Å². The summed E-state index contributed by atoms with van der Waals surface area (Å²) in [4.78, 5) is 8.68. The molecule has 0 spiro atoms. The van der Waals surface area contributed by atoms with Gasteiger partial charge in [0.2, 0.25) is 0 Å². The van der Waals surface area contributed by atoms with Crippen molar-refractivity contribution in [3.8, 4) is 0 Å². The zero-order chi connectivity index (χ0) is 12.1. The Balaban J connectivity index is 2.06. The molecule has 1 aliphatic rings. The molecule has 1 saturated carbocycles. The van der Waals surface area contributed by atoms with Gasteiger partial charge in [-0.05, 0) is 31.6 Å². The molecule has 0 bridgehead atoms. The molecule has 1 aliphatic carbocycles. The highest BCUT2D eigenvalue weighted by molar-refractivity contribution is 5.57. The van der Waals surface area contributed by atoms with Crippen LogP contribution in [-0.4, -0.2) is 23.1 Å². The smallest absolute Gasteiger partial charge is 0.134 e. The first-order chi connectivity index (χ1) is 8.35. The normalized spacial score (nSPS) is 14.7. The zero-order valence-electron chi connectivity index (χ0n) is 10.8. The van der Waals surface area contributed by atoms with Gasteiger partial charge in [-0.1, -0.05) is 13.8 Å². The minimum Gasteiger partial charge on any atom is -0.370 e. The fourth-order valence-electron chi connectivity index (χ4n) is 1.86. The molecule has 0 unspecified atom stereocenters. The van der Waals surface area contributed by atoms with Crippen LogP contribution in [0.5, 0.6) is 0 Å². The second-order valence-electron chi connectivity index (χ2n) is 4.65. The van der Waals surface area contributed by atoms with Gasteiger partial charge in [0, 0.05) is 18.7 Å². The number of nitrogens with one attached hydrogen (secondary N) is 2. The first kappa shape index (κ1) is 12.1. The number of anilines is 2. The van der Waals surface area contributed by atoms with E-state index in [9.17, 15) is 0 Å². The zero-order valence-corrected chi connectivity index (χ0v) is 10.8.